The smallest absolute Gasteiger partial charge is 0.191 e. The van der Waals surface area contributed by atoms with E-state index in [0.717, 1.165) is 31.6 Å². The second-order valence-corrected chi connectivity index (χ2v) is 5.01. The molecule has 0 amide bonds. The van der Waals surface area contributed by atoms with Gasteiger partial charge in [-0.25, -0.2) is 0 Å². The first-order chi connectivity index (χ1) is 9.29. The molecule has 20 heavy (non-hydrogen) atoms. The summed E-state index contributed by atoms with van der Waals surface area (Å²) in [4.78, 5) is 6.64. The Morgan fingerprint density at radius 2 is 1.70 bits per heavy atom. The molecule has 1 heterocycles. The van der Waals surface area contributed by atoms with Gasteiger partial charge >= 0.3 is 0 Å². The second-order valence-electron chi connectivity index (χ2n) is 5.01. The number of nitrogens with two attached hydrogens (primary N) is 1. The molecule has 0 bridgehead atoms. The van der Waals surface area contributed by atoms with Crippen molar-refractivity contribution in [2.75, 3.05) is 19.6 Å². The van der Waals surface area contributed by atoms with Crippen LogP contribution in [0.5, 0.6) is 0 Å². The zero-order chi connectivity index (χ0) is 13.5. The van der Waals surface area contributed by atoms with Crippen molar-refractivity contribution in [3.05, 3.63) is 35.4 Å². The Hall–Kier alpha value is -0.820. The minimum absolute atomic E-state index is 0. The van der Waals surface area contributed by atoms with Gasteiger partial charge in [-0.1, -0.05) is 24.3 Å². The van der Waals surface area contributed by atoms with Crippen LogP contribution in [-0.2, 0) is 13.0 Å². The lowest BCUT2D eigenvalue weighted by atomic mass is 10.1. The summed E-state index contributed by atoms with van der Waals surface area (Å²) in [6.45, 7) is 2.90. The van der Waals surface area contributed by atoms with Crippen LogP contribution >= 0.6 is 24.0 Å². The van der Waals surface area contributed by atoms with E-state index in [-0.39, 0.29) is 30.6 Å². The highest BCUT2D eigenvalue weighted by Gasteiger charge is 2.11. The zero-order valence-electron chi connectivity index (χ0n) is 11.8. The molecule has 3 N–H and O–H groups in total. The highest BCUT2D eigenvalue weighted by molar-refractivity contribution is 14.0. The van der Waals surface area contributed by atoms with Gasteiger partial charge in [0.1, 0.15) is 0 Å². The van der Waals surface area contributed by atoms with E-state index in [9.17, 15) is 0 Å². The van der Waals surface area contributed by atoms with Crippen LogP contribution in [0, 0.1) is 0 Å². The molecule has 112 valence electrons. The Kier molecular flexibility index (Phi) is 7.91. The molecule has 1 aromatic carbocycles. The fourth-order valence-corrected chi connectivity index (χ4v) is 2.33. The maximum absolute atomic E-state index is 8.98. The normalized spacial score (nSPS) is 15.8. The fourth-order valence-electron chi connectivity index (χ4n) is 2.33. The Labute approximate surface area is 138 Å². The maximum atomic E-state index is 8.98. The van der Waals surface area contributed by atoms with Crippen molar-refractivity contribution in [3.8, 4) is 0 Å². The largest absolute Gasteiger partial charge is 0.392 e. The summed E-state index contributed by atoms with van der Waals surface area (Å²) >= 11 is 0. The molecule has 0 saturated carbocycles. The number of piperidine rings is 1. The Morgan fingerprint density at radius 3 is 2.30 bits per heavy atom. The third-order valence-corrected chi connectivity index (χ3v) is 3.56. The fraction of sp³-hybridized carbons (Fsp3) is 0.533. The summed E-state index contributed by atoms with van der Waals surface area (Å²) in [6, 6.07) is 7.98. The molecule has 1 aliphatic rings. The first-order valence-corrected chi connectivity index (χ1v) is 7.03. The highest BCUT2D eigenvalue weighted by atomic mass is 127. The first-order valence-electron chi connectivity index (χ1n) is 7.03. The van der Waals surface area contributed by atoms with Gasteiger partial charge in [0, 0.05) is 19.6 Å². The van der Waals surface area contributed by atoms with Gasteiger partial charge < -0.3 is 15.7 Å². The molecule has 0 radical (unpaired) electrons. The minimum Gasteiger partial charge on any atom is -0.392 e. The summed E-state index contributed by atoms with van der Waals surface area (Å²) < 4.78 is 0. The molecule has 1 aliphatic heterocycles. The molecule has 0 spiro atoms. The summed E-state index contributed by atoms with van der Waals surface area (Å²) in [5.41, 5.74) is 8.17. The quantitative estimate of drug-likeness (QED) is 0.471. The average Bonchev–Trinajstić information content (AvgIpc) is 2.49. The predicted octanol–water partition coefficient (Wildman–Crippen LogP) is 2.14. The van der Waals surface area contributed by atoms with Crippen molar-refractivity contribution in [2.45, 2.75) is 32.3 Å². The van der Waals surface area contributed by atoms with E-state index in [1.54, 1.807) is 0 Å². The van der Waals surface area contributed by atoms with Crippen LogP contribution in [0.4, 0.5) is 0 Å². The standard InChI is InChI=1S/C15H23N3O.HI/c16-15(18-10-2-1-3-11-18)17-9-8-13-4-6-14(12-19)7-5-13;/h4-7,19H,1-3,8-12H2,(H2,16,17);1H. The molecule has 0 atom stereocenters. The Morgan fingerprint density at radius 1 is 1.10 bits per heavy atom. The van der Waals surface area contributed by atoms with Crippen LogP contribution in [0.2, 0.25) is 0 Å². The number of halogens is 1. The summed E-state index contributed by atoms with van der Waals surface area (Å²) in [5, 5.41) is 8.98. The topological polar surface area (TPSA) is 61.9 Å². The number of nitrogens with zero attached hydrogens (tertiary/aromatic N) is 2. The van der Waals surface area contributed by atoms with E-state index in [1.165, 1.54) is 24.8 Å². The number of benzene rings is 1. The van der Waals surface area contributed by atoms with Crippen LogP contribution in [-0.4, -0.2) is 35.6 Å². The monoisotopic (exact) mass is 389 g/mol. The molecule has 1 aromatic rings. The van der Waals surface area contributed by atoms with Crippen molar-refractivity contribution in [1.29, 1.82) is 0 Å². The second kappa shape index (κ2) is 9.18. The van der Waals surface area contributed by atoms with E-state index in [4.69, 9.17) is 10.8 Å². The van der Waals surface area contributed by atoms with Crippen molar-refractivity contribution in [2.24, 2.45) is 10.7 Å². The average molecular weight is 389 g/mol. The van der Waals surface area contributed by atoms with E-state index >= 15 is 0 Å². The molecule has 0 aliphatic carbocycles. The molecule has 1 saturated heterocycles. The lowest BCUT2D eigenvalue weighted by molar-refractivity contribution is 0.282. The molecular formula is C15H24IN3O. The Bertz CT molecular complexity index is 414. The number of rotatable bonds is 4. The number of hydrogen-bond donors (Lipinski definition) is 2. The molecule has 5 heteroatoms. The van der Waals surface area contributed by atoms with Gasteiger partial charge in [0.25, 0.3) is 0 Å². The molecule has 0 aromatic heterocycles. The van der Waals surface area contributed by atoms with E-state index in [0.29, 0.717) is 5.96 Å². The molecule has 4 nitrogen and oxygen atoms in total. The van der Waals surface area contributed by atoms with Crippen LogP contribution < -0.4 is 5.73 Å². The van der Waals surface area contributed by atoms with Crippen molar-refractivity contribution in [3.63, 3.8) is 0 Å². The van der Waals surface area contributed by atoms with Gasteiger partial charge in [0.2, 0.25) is 0 Å². The molecule has 2 rings (SSSR count). The SMILES string of the molecule is I.NC(=NCCc1ccc(CO)cc1)N1CCCCC1. The summed E-state index contributed by atoms with van der Waals surface area (Å²) in [7, 11) is 0. The first kappa shape index (κ1) is 17.2. The number of likely N-dealkylation sites (tertiary alicyclic amines) is 1. The number of aliphatic hydroxyl groups is 1. The van der Waals surface area contributed by atoms with Crippen LogP contribution in [0.3, 0.4) is 0 Å². The van der Waals surface area contributed by atoms with Gasteiger partial charge in [-0.05, 0) is 36.8 Å². The number of guanidine groups is 1. The lowest BCUT2D eigenvalue weighted by Crippen LogP contribution is -2.41. The maximum Gasteiger partial charge on any atom is 0.191 e. The van der Waals surface area contributed by atoms with Crippen LogP contribution in [0.15, 0.2) is 29.3 Å². The number of aliphatic hydroxyl groups excluding tert-OH is 1. The molecular weight excluding hydrogens is 365 g/mol. The van der Waals surface area contributed by atoms with Gasteiger partial charge in [0.15, 0.2) is 5.96 Å². The van der Waals surface area contributed by atoms with Crippen LogP contribution in [0.1, 0.15) is 30.4 Å². The minimum atomic E-state index is 0. The number of aliphatic imine (C=N–C) groups is 1. The van der Waals surface area contributed by atoms with Gasteiger partial charge in [-0.15, -0.1) is 24.0 Å². The summed E-state index contributed by atoms with van der Waals surface area (Å²) in [6.07, 6.45) is 4.64. The number of hydrogen-bond acceptors (Lipinski definition) is 2. The lowest BCUT2D eigenvalue weighted by Gasteiger charge is -2.27. The molecule has 0 unspecified atom stereocenters. The van der Waals surface area contributed by atoms with Crippen molar-refractivity contribution < 1.29 is 5.11 Å². The van der Waals surface area contributed by atoms with Crippen LogP contribution in [0.25, 0.3) is 0 Å². The van der Waals surface area contributed by atoms with Gasteiger partial charge in [-0.2, -0.15) is 0 Å². The van der Waals surface area contributed by atoms with Gasteiger partial charge in [-0.3, -0.25) is 4.99 Å². The van der Waals surface area contributed by atoms with E-state index in [2.05, 4.69) is 9.89 Å². The van der Waals surface area contributed by atoms with Crippen molar-refractivity contribution >= 4 is 29.9 Å². The Balaban J connectivity index is 0.00000200. The highest BCUT2D eigenvalue weighted by Crippen LogP contribution is 2.08. The molecule has 1 fully saturated rings. The van der Waals surface area contributed by atoms with E-state index < -0.39 is 0 Å². The third-order valence-electron chi connectivity index (χ3n) is 3.56. The third kappa shape index (κ3) is 5.28. The van der Waals surface area contributed by atoms with Gasteiger partial charge in [0.05, 0.1) is 6.61 Å². The van der Waals surface area contributed by atoms with Crippen molar-refractivity contribution in [1.82, 2.24) is 4.90 Å². The zero-order valence-corrected chi connectivity index (χ0v) is 14.1. The van der Waals surface area contributed by atoms with E-state index in [1.807, 2.05) is 24.3 Å². The summed E-state index contributed by atoms with van der Waals surface area (Å²) in [5.74, 6) is 0.687. The predicted molar refractivity (Wildman–Crippen MR) is 93.4 cm³/mol.